The Kier molecular flexibility index (Phi) is 2.10. The Bertz CT molecular complexity index is 365. The molecule has 3 aliphatic rings. The van der Waals surface area contributed by atoms with Crippen LogP contribution in [0.5, 0.6) is 0 Å². The van der Waals surface area contributed by atoms with E-state index in [1.807, 2.05) is 6.08 Å². The molecule has 3 atom stereocenters. The Balaban J connectivity index is 1.84. The first-order chi connectivity index (χ1) is 7.52. The molecule has 0 aromatic carbocycles. The minimum Gasteiger partial charge on any atom is -0.370 e. The SMILES string of the molecule is CC12CCC(=O)C=C1C[C@H](C1(C)CO1)CC2. The van der Waals surface area contributed by atoms with Crippen molar-refractivity contribution in [2.75, 3.05) is 6.61 Å². The van der Waals surface area contributed by atoms with Crippen molar-refractivity contribution >= 4 is 5.78 Å². The highest BCUT2D eigenvalue weighted by Gasteiger charge is 2.50. The first-order valence-electron chi connectivity index (χ1n) is 6.40. The molecule has 2 nitrogen and oxygen atoms in total. The molecule has 88 valence electrons. The van der Waals surface area contributed by atoms with Crippen LogP contribution in [0.15, 0.2) is 11.6 Å². The maximum Gasteiger partial charge on any atom is 0.155 e. The molecule has 16 heavy (non-hydrogen) atoms. The number of hydrogen-bond donors (Lipinski definition) is 0. The van der Waals surface area contributed by atoms with E-state index in [9.17, 15) is 4.79 Å². The lowest BCUT2D eigenvalue weighted by molar-refractivity contribution is -0.116. The molecule has 2 aliphatic carbocycles. The largest absolute Gasteiger partial charge is 0.370 e. The lowest BCUT2D eigenvalue weighted by atomic mass is 9.61. The highest BCUT2D eigenvalue weighted by Crippen LogP contribution is 2.53. The monoisotopic (exact) mass is 220 g/mol. The van der Waals surface area contributed by atoms with Crippen molar-refractivity contribution in [3.63, 3.8) is 0 Å². The molecule has 0 amide bonds. The van der Waals surface area contributed by atoms with Gasteiger partial charge in [-0.15, -0.1) is 0 Å². The fraction of sp³-hybridized carbons (Fsp3) is 0.786. The summed E-state index contributed by atoms with van der Waals surface area (Å²) in [5, 5.41) is 0. The van der Waals surface area contributed by atoms with E-state index >= 15 is 0 Å². The van der Waals surface area contributed by atoms with E-state index in [1.165, 1.54) is 18.4 Å². The molecule has 0 N–H and O–H groups in total. The Labute approximate surface area is 97.1 Å². The van der Waals surface area contributed by atoms with Crippen molar-refractivity contribution in [3.8, 4) is 0 Å². The van der Waals surface area contributed by atoms with Gasteiger partial charge >= 0.3 is 0 Å². The molecule has 1 heterocycles. The van der Waals surface area contributed by atoms with E-state index in [0.717, 1.165) is 25.9 Å². The fourth-order valence-electron chi connectivity index (χ4n) is 3.32. The third-order valence-electron chi connectivity index (χ3n) is 5.01. The second kappa shape index (κ2) is 3.19. The van der Waals surface area contributed by atoms with Gasteiger partial charge in [0.2, 0.25) is 0 Å². The number of rotatable bonds is 1. The predicted octanol–water partition coefficient (Wildman–Crippen LogP) is 2.87. The maximum absolute atomic E-state index is 11.5. The minimum atomic E-state index is 0.128. The molecule has 1 saturated carbocycles. The van der Waals surface area contributed by atoms with Gasteiger partial charge in [-0.1, -0.05) is 12.5 Å². The normalized spacial score (nSPS) is 47.2. The summed E-state index contributed by atoms with van der Waals surface area (Å²) in [6, 6.07) is 0. The number of fused-ring (bicyclic) bond motifs is 1. The van der Waals surface area contributed by atoms with Crippen LogP contribution < -0.4 is 0 Å². The van der Waals surface area contributed by atoms with Gasteiger partial charge in [0.15, 0.2) is 5.78 Å². The molecule has 0 aromatic heterocycles. The van der Waals surface area contributed by atoms with E-state index < -0.39 is 0 Å². The Hall–Kier alpha value is -0.630. The molecule has 2 fully saturated rings. The van der Waals surface area contributed by atoms with Crippen molar-refractivity contribution in [2.24, 2.45) is 11.3 Å². The molecule has 1 aliphatic heterocycles. The molecule has 2 unspecified atom stereocenters. The van der Waals surface area contributed by atoms with Gasteiger partial charge in [0.25, 0.3) is 0 Å². The van der Waals surface area contributed by atoms with E-state index in [4.69, 9.17) is 4.74 Å². The van der Waals surface area contributed by atoms with Crippen LogP contribution in [0.4, 0.5) is 0 Å². The summed E-state index contributed by atoms with van der Waals surface area (Å²) in [6.45, 7) is 5.46. The van der Waals surface area contributed by atoms with Crippen LogP contribution in [0, 0.1) is 11.3 Å². The number of epoxide rings is 1. The molecule has 1 saturated heterocycles. The van der Waals surface area contributed by atoms with Gasteiger partial charge < -0.3 is 4.74 Å². The summed E-state index contributed by atoms with van der Waals surface area (Å²) >= 11 is 0. The number of hydrogen-bond acceptors (Lipinski definition) is 2. The summed E-state index contributed by atoms with van der Waals surface area (Å²) in [6.07, 6.45) is 7.31. The average molecular weight is 220 g/mol. The number of ether oxygens (including phenoxy) is 1. The first kappa shape index (κ1) is 10.5. The van der Waals surface area contributed by atoms with Gasteiger partial charge in [-0.25, -0.2) is 0 Å². The van der Waals surface area contributed by atoms with Crippen molar-refractivity contribution in [1.29, 1.82) is 0 Å². The Morgan fingerprint density at radius 1 is 1.38 bits per heavy atom. The smallest absolute Gasteiger partial charge is 0.155 e. The van der Waals surface area contributed by atoms with Crippen LogP contribution in [0.3, 0.4) is 0 Å². The molecule has 0 spiro atoms. The van der Waals surface area contributed by atoms with Gasteiger partial charge in [0.05, 0.1) is 12.2 Å². The van der Waals surface area contributed by atoms with Crippen LogP contribution in [-0.2, 0) is 9.53 Å². The highest BCUT2D eigenvalue weighted by molar-refractivity contribution is 5.91. The summed E-state index contributed by atoms with van der Waals surface area (Å²) in [4.78, 5) is 11.5. The lowest BCUT2D eigenvalue weighted by Gasteiger charge is -2.43. The molecule has 3 rings (SSSR count). The van der Waals surface area contributed by atoms with Crippen LogP contribution in [0.1, 0.15) is 46.0 Å². The van der Waals surface area contributed by atoms with Gasteiger partial charge in [-0.2, -0.15) is 0 Å². The third kappa shape index (κ3) is 1.55. The zero-order valence-corrected chi connectivity index (χ0v) is 10.2. The molecular formula is C14H20O2. The van der Waals surface area contributed by atoms with Crippen molar-refractivity contribution in [1.82, 2.24) is 0 Å². The van der Waals surface area contributed by atoms with Gasteiger partial charge in [-0.3, -0.25) is 4.79 Å². The van der Waals surface area contributed by atoms with Crippen molar-refractivity contribution in [3.05, 3.63) is 11.6 Å². The second-order valence-corrected chi connectivity index (χ2v) is 6.24. The minimum absolute atomic E-state index is 0.128. The number of ketones is 1. The van der Waals surface area contributed by atoms with Crippen LogP contribution >= 0.6 is 0 Å². The number of allylic oxidation sites excluding steroid dienone is 2. The molecule has 0 radical (unpaired) electrons. The topological polar surface area (TPSA) is 29.6 Å². The molecule has 0 bridgehead atoms. The number of carbonyl (C=O) groups is 1. The summed E-state index contributed by atoms with van der Waals surface area (Å²) < 4.78 is 5.56. The quantitative estimate of drug-likeness (QED) is 0.636. The van der Waals surface area contributed by atoms with E-state index in [0.29, 0.717) is 17.1 Å². The number of carbonyl (C=O) groups excluding carboxylic acids is 1. The summed E-state index contributed by atoms with van der Waals surface area (Å²) in [5.41, 5.74) is 1.84. The lowest BCUT2D eigenvalue weighted by Crippen LogP contribution is -2.35. The zero-order valence-electron chi connectivity index (χ0n) is 10.2. The highest BCUT2D eigenvalue weighted by atomic mass is 16.6. The summed E-state index contributed by atoms with van der Waals surface area (Å²) in [5.74, 6) is 0.965. The summed E-state index contributed by atoms with van der Waals surface area (Å²) in [7, 11) is 0. The van der Waals surface area contributed by atoms with E-state index in [2.05, 4.69) is 13.8 Å². The van der Waals surface area contributed by atoms with Crippen molar-refractivity contribution in [2.45, 2.75) is 51.6 Å². The van der Waals surface area contributed by atoms with Gasteiger partial charge in [0.1, 0.15) is 0 Å². The first-order valence-corrected chi connectivity index (χ1v) is 6.40. The molecule has 2 heteroatoms. The molecule has 0 aromatic rings. The van der Waals surface area contributed by atoms with Crippen LogP contribution in [0.2, 0.25) is 0 Å². The predicted molar refractivity (Wildman–Crippen MR) is 62.1 cm³/mol. The van der Waals surface area contributed by atoms with Crippen LogP contribution in [-0.4, -0.2) is 18.0 Å². The maximum atomic E-state index is 11.5. The Morgan fingerprint density at radius 2 is 2.12 bits per heavy atom. The van der Waals surface area contributed by atoms with Gasteiger partial charge in [-0.05, 0) is 50.0 Å². The standard InChI is InChI=1S/C14H20O2/c1-13-5-3-10(14(2)9-16-14)7-11(13)8-12(15)4-6-13/h8,10H,3-7,9H2,1-2H3/t10-,13?,14?/m1/s1. The Morgan fingerprint density at radius 3 is 2.81 bits per heavy atom. The molecular weight excluding hydrogens is 200 g/mol. The van der Waals surface area contributed by atoms with E-state index in [-0.39, 0.29) is 5.60 Å². The van der Waals surface area contributed by atoms with Crippen molar-refractivity contribution < 1.29 is 9.53 Å². The average Bonchev–Trinajstić information content (AvgIpc) is 2.98. The van der Waals surface area contributed by atoms with Gasteiger partial charge in [0, 0.05) is 6.42 Å². The second-order valence-electron chi connectivity index (χ2n) is 6.24. The van der Waals surface area contributed by atoms with Crippen LogP contribution in [0.25, 0.3) is 0 Å². The zero-order chi connectivity index (χ0) is 11.4. The van der Waals surface area contributed by atoms with E-state index in [1.54, 1.807) is 0 Å². The third-order valence-corrected chi connectivity index (χ3v) is 5.01. The fourth-order valence-corrected chi connectivity index (χ4v) is 3.32.